The van der Waals surface area contributed by atoms with E-state index in [1.165, 1.54) is 5.56 Å². The maximum atomic E-state index is 11.5. The molecule has 0 aromatic heterocycles. The molecule has 1 heterocycles. The average molecular weight is 341 g/mol. The summed E-state index contributed by atoms with van der Waals surface area (Å²) >= 11 is 3.46. The number of carbonyl (C=O) groups excluding carboxylic acids is 1. The lowest BCUT2D eigenvalue weighted by atomic mass is 10.0. The SMILES string of the molecule is CCC(c1ccc(Br)cc1)N1CCN(C(=O)CO)CC1. The Bertz CT molecular complexity index is 442. The Kier molecular flexibility index (Phi) is 5.57. The Balaban J connectivity index is 2.00. The molecule has 0 aliphatic carbocycles. The number of aliphatic hydroxyl groups excluding tert-OH is 1. The molecule has 0 radical (unpaired) electrons. The van der Waals surface area contributed by atoms with Crippen molar-refractivity contribution in [3.05, 3.63) is 34.3 Å². The van der Waals surface area contributed by atoms with Gasteiger partial charge in [-0.15, -0.1) is 0 Å². The number of nitrogens with zero attached hydrogens (tertiary/aromatic N) is 2. The molecular formula is C15H21BrN2O2. The maximum Gasteiger partial charge on any atom is 0.248 e. The molecule has 1 aromatic rings. The van der Waals surface area contributed by atoms with Crippen LogP contribution in [0.2, 0.25) is 0 Å². The fourth-order valence-corrected chi connectivity index (χ4v) is 3.04. The van der Waals surface area contributed by atoms with Crippen molar-refractivity contribution in [1.29, 1.82) is 0 Å². The molecule has 1 aromatic carbocycles. The van der Waals surface area contributed by atoms with Gasteiger partial charge in [0.2, 0.25) is 5.91 Å². The van der Waals surface area contributed by atoms with Crippen molar-refractivity contribution in [2.75, 3.05) is 32.8 Å². The van der Waals surface area contributed by atoms with Crippen LogP contribution < -0.4 is 0 Å². The molecule has 0 spiro atoms. The van der Waals surface area contributed by atoms with Crippen LogP contribution in [0.5, 0.6) is 0 Å². The molecule has 1 aliphatic heterocycles. The second-order valence-electron chi connectivity index (χ2n) is 5.05. The lowest BCUT2D eigenvalue weighted by Gasteiger charge is -2.39. The molecule has 1 amide bonds. The zero-order valence-corrected chi connectivity index (χ0v) is 13.3. The Morgan fingerprint density at radius 3 is 2.35 bits per heavy atom. The summed E-state index contributed by atoms with van der Waals surface area (Å²) in [6.45, 7) is 4.93. The van der Waals surface area contributed by atoms with E-state index in [4.69, 9.17) is 5.11 Å². The van der Waals surface area contributed by atoms with Gasteiger partial charge in [-0.1, -0.05) is 35.0 Å². The van der Waals surface area contributed by atoms with Crippen molar-refractivity contribution in [3.63, 3.8) is 0 Å². The fraction of sp³-hybridized carbons (Fsp3) is 0.533. The molecule has 0 bridgehead atoms. The number of hydrogen-bond donors (Lipinski definition) is 1. The number of rotatable bonds is 4. The van der Waals surface area contributed by atoms with E-state index in [9.17, 15) is 4.79 Å². The summed E-state index contributed by atoms with van der Waals surface area (Å²) in [7, 11) is 0. The standard InChI is InChI=1S/C15H21BrN2O2/c1-2-14(12-3-5-13(16)6-4-12)17-7-9-18(10-8-17)15(20)11-19/h3-6,14,19H,2,7-11H2,1H3. The Morgan fingerprint density at radius 1 is 1.25 bits per heavy atom. The first-order valence-corrected chi connectivity index (χ1v) is 7.83. The topological polar surface area (TPSA) is 43.8 Å². The summed E-state index contributed by atoms with van der Waals surface area (Å²) in [5, 5.41) is 8.90. The first-order chi connectivity index (χ1) is 9.65. The highest BCUT2D eigenvalue weighted by atomic mass is 79.9. The number of amides is 1. The Hall–Kier alpha value is -0.910. The van der Waals surface area contributed by atoms with Crippen molar-refractivity contribution in [2.24, 2.45) is 0 Å². The largest absolute Gasteiger partial charge is 0.387 e. The third kappa shape index (κ3) is 3.59. The van der Waals surface area contributed by atoms with Gasteiger partial charge in [0.25, 0.3) is 0 Å². The number of carbonyl (C=O) groups is 1. The van der Waals surface area contributed by atoms with E-state index in [2.05, 4.69) is 52.0 Å². The van der Waals surface area contributed by atoms with Gasteiger partial charge in [0.1, 0.15) is 6.61 Å². The van der Waals surface area contributed by atoms with Gasteiger partial charge in [0.15, 0.2) is 0 Å². The third-order valence-corrected chi connectivity index (χ3v) is 4.41. The first kappa shape index (κ1) is 15.5. The second-order valence-corrected chi connectivity index (χ2v) is 5.97. The van der Waals surface area contributed by atoms with Crippen molar-refractivity contribution < 1.29 is 9.90 Å². The zero-order valence-electron chi connectivity index (χ0n) is 11.8. The predicted octanol–water partition coefficient (Wildman–Crippen LogP) is 2.04. The number of aliphatic hydroxyl groups is 1. The maximum absolute atomic E-state index is 11.5. The number of piperazine rings is 1. The van der Waals surface area contributed by atoms with Crippen LogP contribution in [0, 0.1) is 0 Å². The third-order valence-electron chi connectivity index (χ3n) is 3.88. The number of benzene rings is 1. The van der Waals surface area contributed by atoms with Crippen molar-refractivity contribution in [3.8, 4) is 0 Å². The van der Waals surface area contributed by atoms with Gasteiger partial charge in [0, 0.05) is 36.7 Å². The molecular weight excluding hydrogens is 320 g/mol. The van der Waals surface area contributed by atoms with E-state index in [0.717, 1.165) is 24.0 Å². The monoisotopic (exact) mass is 340 g/mol. The summed E-state index contributed by atoms with van der Waals surface area (Å²) in [5.74, 6) is -0.165. The van der Waals surface area contributed by atoms with E-state index in [0.29, 0.717) is 19.1 Å². The molecule has 2 rings (SSSR count). The van der Waals surface area contributed by atoms with E-state index < -0.39 is 0 Å². The number of hydrogen-bond acceptors (Lipinski definition) is 3. The minimum Gasteiger partial charge on any atom is -0.387 e. The van der Waals surface area contributed by atoms with Gasteiger partial charge in [-0.25, -0.2) is 0 Å². The molecule has 1 aliphatic rings. The molecule has 110 valence electrons. The average Bonchev–Trinajstić information content (AvgIpc) is 2.50. The van der Waals surface area contributed by atoms with E-state index in [-0.39, 0.29) is 12.5 Å². The molecule has 5 heteroatoms. The minimum absolute atomic E-state index is 0.165. The fourth-order valence-electron chi connectivity index (χ4n) is 2.77. The Labute approximate surface area is 128 Å². The summed E-state index contributed by atoms with van der Waals surface area (Å²) in [5.41, 5.74) is 1.32. The van der Waals surface area contributed by atoms with Crippen LogP contribution in [0.25, 0.3) is 0 Å². The van der Waals surface area contributed by atoms with Gasteiger partial charge in [-0.2, -0.15) is 0 Å². The van der Waals surface area contributed by atoms with Gasteiger partial charge >= 0.3 is 0 Å². The van der Waals surface area contributed by atoms with Crippen LogP contribution in [-0.4, -0.2) is 53.6 Å². The molecule has 20 heavy (non-hydrogen) atoms. The van der Waals surface area contributed by atoms with Crippen LogP contribution in [0.15, 0.2) is 28.7 Å². The van der Waals surface area contributed by atoms with Crippen molar-refractivity contribution in [2.45, 2.75) is 19.4 Å². The summed E-state index contributed by atoms with van der Waals surface area (Å²) in [6, 6.07) is 8.86. The summed E-state index contributed by atoms with van der Waals surface area (Å²) in [4.78, 5) is 15.6. The molecule has 1 saturated heterocycles. The zero-order chi connectivity index (χ0) is 14.5. The van der Waals surface area contributed by atoms with Gasteiger partial charge < -0.3 is 10.0 Å². The second kappa shape index (κ2) is 7.20. The van der Waals surface area contributed by atoms with Gasteiger partial charge in [-0.3, -0.25) is 9.69 Å². The molecule has 1 atom stereocenters. The highest BCUT2D eigenvalue weighted by Gasteiger charge is 2.25. The van der Waals surface area contributed by atoms with Crippen LogP contribution in [0.1, 0.15) is 24.9 Å². The lowest BCUT2D eigenvalue weighted by Crippen LogP contribution is -2.50. The minimum atomic E-state index is -0.385. The van der Waals surface area contributed by atoms with Crippen LogP contribution >= 0.6 is 15.9 Å². The molecule has 0 saturated carbocycles. The highest BCUT2D eigenvalue weighted by Crippen LogP contribution is 2.26. The van der Waals surface area contributed by atoms with Crippen LogP contribution in [0.3, 0.4) is 0 Å². The Morgan fingerprint density at radius 2 is 1.85 bits per heavy atom. The molecule has 1 N–H and O–H groups in total. The van der Waals surface area contributed by atoms with Gasteiger partial charge in [0.05, 0.1) is 0 Å². The van der Waals surface area contributed by atoms with E-state index in [1.807, 2.05) is 0 Å². The van der Waals surface area contributed by atoms with Crippen molar-refractivity contribution >= 4 is 21.8 Å². The predicted molar refractivity (Wildman–Crippen MR) is 82.4 cm³/mol. The molecule has 1 fully saturated rings. The summed E-state index contributed by atoms with van der Waals surface area (Å²) in [6.07, 6.45) is 1.05. The van der Waals surface area contributed by atoms with Gasteiger partial charge in [-0.05, 0) is 24.1 Å². The lowest BCUT2D eigenvalue weighted by molar-refractivity contribution is -0.136. The highest BCUT2D eigenvalue weighted by molar-refractivity contribution is 9.10. The van der Waals surface area contributed by atoms with Crippen LogP contribution in [-0.2, 0) is 4.79 Å². The van der Waals surface area contributed by atoms with E-state index >= 15 is 0 Å². The smallest absolute Gasteiger partial charge is 0.248 e. The molecule has 4 nitrogen and oxygen atoms in total. The van der Waals surface area contributed by atoms with Crippen molar-refractivity contribution in [1.82, 2.24) is 9.80 Å². The quantitative estimate of drug-likeness (QED) is 0.912. The first-order valence-electron chi connectivity index (χ1n) is 7.04. The number of halogens is 1. The normalized spacial score (nSPS) is 18.1. The molecule has 1 unspecified atom stereocenters. The van der Waals surface area contributed by atoms with Crippen LogP contribution in [0.4, 0.5) is 0 Å². The van der Waals surface area contributed by atoms with E-state index in [1.54, 1.807) is 4.90 Å². The summed E-state index contributed by atoms with van der Waals surface area (Å²) < 4.78 is 1.09.